The fourth-order valence-corrected chi connectivity index (χ4v) is 2.88. The van der Waals surface area contributed by atoms with Gasteiger partial charge in [-0.25, -0.2) is 0 Å². The predicted octanol–water partition coefficient (Wildman–Crippen LogP) is 3.88. The van der Waals surface area contributed by atoms with Crippen molar-refractivity contribution in [2.45, 2.75) is 64.6 Å². The lowest BCUT2D eigenvalue weighted by molar-refractivity contribution is -0.116. The summed E-state index contributed by atoms with van der Waals surface area (Å²) >= 11 is 3.40. The van der Waals surface area contributed by atoms with Gasteiger partial charge < -0.3 is 14.6 Å². The zero-order chi connectivity index (χ0) is 17.8. The summed E-state index contributed by atoms with van der Waals surface area (Å²) in [6, 6.07) is 7.69. The fourth-order valence-electron chi connectivity index (χ4n) is 2.48. The van der Waals surface area contributed by atoms with Crippen LogP contribution in [-0.4, -0.2) is 29.6 Å². The van der Waals surface area contributed by atoms with E-state index in [1.165, 1.54) is 0 Å². The average Bonchev–Trinajstić information content (AvgIpc) is 2.73. The maximum absolute atomic E-state index is 11.9. The van der Waals surface area contributed by atoms with E-state index in [-0.39, 0.29) is 24.2 Å². The fraction of sp³-hybridized carbons (Fsp3) is 0.611. The van der Waals surface area contributed by atoms with Gasteiger partial charge >= 0.3 is 7.12 Å². The van der Waals surface area contributed by atoms with Crippen LogP contribution in [0.5, 0.6) is 0 Å². The molecule has 1 saturated heterocycles. The molecule has 0 unspecified atom stereocenters. The molecule has 1 amide bonds. The van der Waals surface area contributed by atoms with E-state index in [1.807, 2.05) is 52.0 Å². The van der Waals surface area contributed by atoms with Crippen LogP contribution in [0.15, 0.2) is 24.3 Å². The summed E-state index contributed by atoms with van der Waals surface area (Å²) in [5.74, 6) is 0.0629. The van der Waals surface area contributed by atoms with E-state index >= 15 is 0 Å². The Kier molecular flexibility index (Phi) is 6.51. The van der Waals surface area contributed by atoms with Gasteiger partial charge in [-0.05, 0) is 58.1 Å². The molecule has 6 heteroatoms. The van der Waals surface area contributed by atoms with Crippen LogP contribution >= 0.6 is 15.9 Å². The number of hydrogen-bond donors (Lipinski definition) is 1. The molecule has 0 saturated carbocycles. The number of rotatable bonds is 7. The average molecular weight is 396 g/mol. The Morgan fingerprint density at radius 1 is 1.04 bits per heavy atom. The van der Waals surface area contributed by atoms with Crippen LogP contribution in [0.2, 0.25) is 0 Å². The lowest BCUT2D eigenvalue weighted by Gasteiger charge is -2.32. The molecule has 2 rings (SSSR count). The summed E-state index contributed by atoms with van der Waals surface area (Å²) in [7, 11) is -0.371. The van der Waals surface area contributed by atoms with Crippen molar-refractivity contribution in [2.24, 2.45) is 0 Å². The van der Waals surface area contributed by atoms with E-state index in [0.717, 1.165) is 35.7 Å². The van der Waals surface area contributed by atoms with Gasteiger partial charge in [-0.2, -0.15) is 0 Å². The van der Waals surface area contributed by atoms with Gasteiger partial charge in [0.05, 0.1) is 11.2 Å². The van der Waals surface area contributed by atoms with E-state index in [9.17, 15) is 4.79 Å². The molecular formula is C18H27BBrNO3. The van der Waals surface area contributed by atoms with Crippen LogP contribution in [0, 0.1) is 0 Å². The molecule has 1 aliphatic rings. The van der Waals surface area contributed by atoms with Gasteiger partial charge in [0.1, 0.15) is 0 Å². The third-order valence-electron chi connectivity index (χ3n) is 4.76. The number of carbonyl (C=O) groups is 1. The van der Waals surface area contributed by atoms with Gasteiger partial charge in [0.2, 0.25) is 5.91 Å². The number of anilines is 1. The van der Waals surface area contributed by atoms with Crippen molar-refractivity contribution in [3.05, 3.63) is 24.3 Å². The molecule has 1 aromatic carbocycles. The van der Waals surface area contributed by atoms with Crippen molar-refractivity contribution < 1.29 is 14.1 Å². The molecule has 24 heavy (non-hydrogen) atoms. The standard InChI is InChI=1S/C18H27BBrNO3/c1-17(2)18(3,4)24-19(23-17)14-9-11-15(12-10-14)21-16(22)8-6-5-7-13-20/h9-12H,5-8,13H2,1-4H3,(H,21,22). The van der Waals surface area contributed by atoms with Gasteiger partial charge in [-0.3, -0.25) is 4.79 Å². The molecule has 1 fully saturated rings. The van der Waals surface area contributed by atoms with E-state index in [4.69, 9.17) is 9.31 Å². The van der Waals surface area contributed by atoms with Gasteiger partial charge in [-0.1, -0.05) is 34.5 Å². The molecule has 132 valence electrons. The monoisotopic (exact) mass is 395 g/mol. The van der Waals surface area contributed by atoms with Crippen molar-refractivity contribution in [3.8, 4) is 0 Å². The second-order valence-electron chi connectivity index (χ2n) is 7.26. The summed E-state index contributed by atoms with van der Waals surface area (Å²) < 4.78 is 12.1. The Labute approximate surface area is 154 Å². The Hall–Kier alpha value is -0.845. The minimum Gasteiger partial charge on any atom is -0.399 e. The molecular weight excluding hydrogens is 369 g/mol. The molecule has 0 aromatic heterocycles. The van der Waals surface area contributed by atoms with Crippen LogP contribution in [0.3, 0.4) is 0 Å². The molecule has 0 radical (unpaired) electrons. The summed E-state index contributed by atoms with van der Waals surface area (Å²) in [6.45, 7) is 8.16. The van der Waals surface area contributed by atoms with E-state index in [2.05, 4.69) is 21.2 Å². The SMILES string of the molecule is CC1(C)OB(c2ccc(NC(=O)CCCCCBr)cc2)OC1(C)C. The van der Waals surface area contributed by atoms with Gasteiger partial charge in [0.15, 0.2) is 0 Å². The molecule has 1 aromatic rings. The number of carbonyl (C=O) groups excluding carboxylic acids is 1. The topological polar surface area (TPSA) is 47.6 Å². The van der Waals surface area contributed by atoms with Crippen molar-refractivity contribution in [2.75, 3.05) is 10.6 Å². The highest BCUT2D eigenvalue weighted by Gasteiger charge is 2.51. The van der Waals surface area contributed by atoms with E-state index < -0.39 is 0 Å². The third kappa shape index (κ3) is 4.84. The highest BCUT2D eigenvalue weighted by molar-refractivity contribution is 9.09. The molecule has 0 bridgehead atoms. The Morgan fingerprint density at radius 3 is 2.17 bits per heavy atom. The Morgan fingerprint density at radius 2 is 1.62 bits per heavy atom. The quantitative estimate of drug-likeness (QED) is 0.433. The second-order valence-corrected chi connectivity index (χ2v) is 8.05. The maximum atomic E-state index is 11.9. The number of unbranched alkanes of at least 4 members (excludes halogenated alkanes) is 2. The molecule has 1 N–H and O–H groups in total. The molecule has 1 heterocycles. The number of benzene rings is 1. The highest BCUT2D eigenvalue weighted by Crippen LogP contribution is 2.36. The molecule has 0 spiro atoms. The van der Waals surface area contributed by atoms with Crippen molar-refractivity contribution in [3.63, 3.8) is 0 Å². The zero-order valence-electron chi connectivity index (χ0n) is 15.0. The number of amides is 1. The number of alkyl halides is 1. The van der Waals surface area contributed by atoms with Gasteiger partial charge in [0.25, 0.3) is 0 Å². The van der Waals surface area contributed by atoms with E-state index in [0.29, 0.717) is 6.42 Å². The lowest BCUT2D eigenvalue weighted by Crippen LogP contribution is -2.41. The molecule has 0 atom stereocenters. The van der Waals surface area contributed by atoms with Gasteiger partial charge in [0, 0.05) is 17.4 Å². The largest absolute Gasteiger partial charge is 0.494 e. The first-order valence-electron chi connectivity index (χ1n) is 8.56. The van der Waals surface area contributed by atoms with Gasteiger partial charge in [-0.15, -0.1) is 0 Å². The minimum atomic E-state index is -0.371. The van der Waals surface area contributed by atoms with Crippen molar-refractivity contribution >= 4 is 40.1 Å². The smallest absolute Gasteiger partial charge is 0.399 e. The van der Waals surface area contributed by atoms with Crippen LogP contribution < -0.4 is 10.8 Å². The molecule has 4 nitrogen and oxygen atoms in total. The summed E-state index contributed by atoms with van der Waals surface area (Å²) in [6.07, 6.45) is 3.66. The summed E-state index contributed by atoms with van der Waals surface area (Å²) in [5.41, 5.74) is 1.07. The van der Waals surface area contributed by atoms with Crippen LogP contribution in [0.1, 0.15) is 53.4 Å². The first-order chi connectivity index (χ1) is 11.2. The lowest BCUT2D eigenvalue weighted by atomic mass is 9.79. The Balaban J connectivity index is 1.89. The van der Waals surface area contributed by atoms with Crippen LogP contribution in [-0.2, 0) is 14.1 Å². The van der Waals surface area contributed by atoms with Crippen LogP contribution in [0.25, 0.3) is 0 Å². The number of nitrogens with one attached hydrogen (secondary N) is 1. The molecule has 1 aliphatic heterocycles. The first kappa shape index (κ1) is 19.5. The maximum Gasteiger partial charge on any atom is 0.494 e. The first-order valence-corrected chi connectivity index (χ1v) is 9.69. The minimum absolute atomic E-state index is 0.0629. The zero-order valence-corrected chi connectivity index (χ0v) is 16.6. The number of halogens is 1. The van der Waals surface area contributed by atoms with Crippen molar-refractivity contribution in [1.82, 2.24) is 0 Å². The normalized spacial score (nSPS) is 18.6. The third-order valence-corrected chi connectivity index (χ3v) is 5.32. The second kappa shape index (κ2) is 8.02. The predicted molar refractivity (Wildman–Crippen MR) is 103 cm³/mol. The summed E-state index contributed by atoms with van der Waals surface area (Å²) in [4.78, 5) is 11.9. The number of hydrogen-bond acceptors (Lipinski definition) is 3. The Bertz CT molecular complexity index is 544. The van der Waals surface area contributed by atoms with E-state index in [1.54, 1.807) is 0 Å². The van der Waals surface area contributed by atoms with Crippen LogP contribution in [0.4, 0.5) is 5.69 Å². The highest BCUT2D eigenvalue weighted by atomic mass is 79.9. The molecule has 0 aliphatic carbocycles. The van der Waals surface area contributed by atoms with Crippen molar-refractivity contribution in [1.29, 1.82) is 0 Å². The summed E-state index contributed by atoms with van der Waals surface area (Å²) in [5, 5.41) is 3.93.